The Bertz CT molecular complexity index is 551. The Morgan fingerprint density at radius 1 is 0.952 bits per heavy atom. The second-order valence-electron chi connectivity index (χ2n) is 7.09. The summed E-state index contributed by atoms with van der Waals surface area (Å²) in [5.41, 5.74) is 2.10. The lowest BCUT2D eigenvalue weighted by Crippen LogP contribution is -2.40. The Kier molecular flexibility index (Phi) is 5.62. The molecule has 1 rings (SSSR count). The molecule has 1 aromatic carbocycles. The Balaban J connectivity index is 3.02. The molecule has 3 nitrogen and oxygen atoms in total. The molecule has 0 aromatic heterocycles. The molecule has 120 valence electrons. The Morgan fingerprint density at radius 3 is 1.86 bits per heavy atom. The smallest absolute Gasteiger partial charge is 0.214 e. The van der Waals surface area contributed by atoms with Gasteiger partial charge in [-0.15, -0.1) is 0 Å². The van der Waals surface area contributed by atoms with Crippen LogP contribution in [-0.4, -0.2) is 15.0 Å². The van der Waals surface area contributed by atoms with E-state index in [0.717, 1.165) is 18.4 Å². The van der Waals surface area contributed by atoms with Gasteiger partial charge in [-0.2, -0.15) is 0 Å². The second kappa shape index (κ2) is 6.49. The number of sulfonamides is 1. The van der Waals surface area contributed by atoms with Crippen LogP contribution in [0, 0.1) is 0 Å². The van der Waals surface area contributed by atoms with E-state index in [4.69, 9.17) is 0 Å². The van der Waals surface area contributed by atoms with Crippen molar-refractivity contribution in [1.82, 2.24) is 4.72 Å². The quantitative estimate of drug-likeness (QED) is 0.809. The van der Waals surface area contributed by atoms with Crippen LogP contribution < -0.4 is 4.72 Å². The third-order valence-electron chi connectivity index (χ3n) is 3.94. The van der Waals surface area contributed by atoms with Crippen LogP contribution in [0.2, 0.25) is 0 Å². The molecule has 1 N–H and O–H groups in total. The molecular formula is C17H29NO2S. The van der Waals surface area contributed by atoms with E-state index in [1.54, 1.807) is 13.8 Å². The zero-order chi connectivity index (χ0) is 16.3. The molecule has 0 spiro atoms. The zero-order valence-corrected chi connectivity index (χ0v) is 15.0. The molecule has 0 saturated heterocycles. The molecule has 0 aliphatic rings. The van der Waals surface area contributed by atoms with E-state index in [0.29, 0.717) is 6.54 Å². The van der Waals surface area contributed by atoms with Crippen LogP contribution >= 0.6 is 0 Å². The zero-order valence-electron chi connectivity index (χ0n) is 14.2. The first-order valence-corrected chi connectivity index (χ1v) is 9.11. The van der Waals surface area contributed by atoms with Gasteiger partial charge in [0.15, 0.2) is 0 Å². The Morgan fingerprint density at radius 2 is 1.43 bits per heavy atom. The van der Waals surface area contributed by atoms with Crippen molar-refractivity contribution in [3.8, 4) is 0 Å². The van der Waals surface area contributed by atoms with Crippen molar-refractivity contribution < 1.29 is 8.42 Å². The van der Waals surface area contributed by atoms with Gasteiger partial charge >= 0.3 is 0 Å². The molecule has 0 amide bonds. The normalized spacial score (nSPS) is 13.4. The average Bonchev–Trinajstić information content (AvgIpc) is 2.38. The van der Waals surface area contributed by atoms with Gasteiger partial charge in [-0.1, -0.05) is 58.4 Å². The first-order valence-electron chi connectivity index (χ1n) is 7.62. The van der Waals surface area contributed by atoms with Gasteiger partial charge in [0.1, 0.15) is 4.75 Å². The third-order valence-corrected chi connectivity index (χ3v) is 6.10. The molecule has 0 aliphatic carbocycles. The fourth-order valence-electron chi connectivity index (χ4n) is 2.09. The van der Waals surface area contributed by atoms with Crippen molar-refractivity contribution in [2.45, 2.75) is 64.5 Å². The van der Waals surface area contributed by atoms with Gasteiger partial charge < -0.3 is 0 Å². The van der Waals surface area contributed by atoms with E-state index in [9.17, 15) is 8.42 Å². The third kappa shape index (κ3) is 4.30. The number of nitrogens with one attached hydrogen (secondary N) is 1. The van der Waals surface area contributed by atoms with Gasteiger partial charge in [-0.05, 0) is 36.8 Å². The summed E-state index contributed by atoms with van der Waals surface area (Å²) in [7, 11) is -3.38. The monoisotopic (exact) mass is 311 g/mol. The van der Waals surface area contributed by atoms with Crippen LogP contribution in [0.1, 0.15) is 65.5 Å². The summed E-state index contributed by atoms with van der Waals surface area (Å²) < 4.78 is 26.8. The highest BCUT2D eigenvalue weighted by Crippen LogP contribution is 2.31. The molecule has 0 bridgehead atoms. The number of hydrogen-bond acceptors (Lipinski definition) is 2. The predicted octanol–water partition coefficient (Wildman–Crippen LogP) is 3.94. The second-order valence-corrected chi connectivity index (χ2v) is 9.41. The molecule has 4 heteroatoms. The number of rotatable bonds is 6. The Labute approximate surface area is 130 Å². The number of unbranched alkanes of at least 4 members (excludes halogenated alkanes) is 1. The fourth-order valence-corrected chi connectivity index (χ4v) is 3.31. The molecule has 0 radical (unpaired) electrons. The van der Waals surface area contributed by atoms with Crippen molar-refractivity contribution in [2.75, 3.05) is 6.54 Å². The lowest BCUT2D eigenvalue weighted by molar-refractivity contribution is 0.537. The van der Waals surface area contributed by atoms with Gasteiger partial charge in [0.2, 0.25) is 10.0 Å². The molecule has 0 saturated carbocycles. The first-order chi connectivity index (χ1) is 9.52. The lowest BCUT2D eigenvalue weighted by Gasteiger charge is -2.27. The van der Waals surface area contributed by atoms with Crippen molar-refractivity contribution in [2.24, 2.45) is 0 Å². The van der Waals surface area contributed by atoms with Crippen molar-refractivity contribution in [3.05, 3.63) is 35.4 Å². The number of hydrogen-bond donors (Lipinski definition) is 1. The topological polar surface area (TPSA) is 46.2 Å². The molecule has 0 heterocycles. The van der Waals surface area contributed by atoms with Crippen LogP contribution in [0.3, 0.4) is 0 Å². The van der Waals surface area contributed by atoms with E-state index in [1.165, 1.54) is 5.56 Å². The molecule has 0 unspecified atom stereocenters. The van der Waals surface area contributed by atoms with E-state index in [2.05, 4.69) is 25.5 Å². The first kappa shape index (κ1) is 18.2. The van der Waals surface area contributed by atoms with Gasteiger partial charge in [0.25, 0.3) is 0 Å². The minimum atomic E-state index is -3.38. The van der Waals surface area contributed by atoms with Crippen LogP contribution in [-0.2, 0) is 20.2 Å². The highest BCUT2D eigenvalue weighted by Gasteiger charge is 2.35. The summed E-state index contributed by atoms with van der Waals surface area (Å²) in [5.74, 6) is 0. The van der Waals surface area contributed by atoms with E-state index < -0.39 is 14.8 Å². The maximum Gasteiger partial charge on any atom is 0.221 e. The Hall–Kier alpha value is -0.870. The summed E-state index contributed by atoms with van der Waals surface area (Å²) in [5, 5.41) is 0. The van der Waals surface area contributed by atoms with Crippen LogP contribution in [0.5, 0.6) is 0 Å². The highest BCUT2D eigenvalue weighted by atomic mass is 32.2. The maximum absolute atomic E-state index is 12.5. The minimum absolute atomic E-state index is 0.0704. The van der Waals surface area contributed by atoms with Gasteiger partial charge in [-0.3, -0.25) is 0 Å². The van der Waals surface area contributed by atoms with E-state index >= 15 is 0 Å². The molecule has 0 atom stereocenters. The highest BCUT2D eigenvalue weighted by molar-refractivity contribution is 7.90. The van der Waals surface area contributed by atoms with Crippen molar-refractivity contribution in [3.63, 3.8) is 0 Å². The van der Waals surface area contributed by atoms with Crippen LogP contribution in [0.25, 0.3) is 0 Å². The minimum Gasteiger partial charge on any atom is -0.214 e. The van der Waals surface area contributed by atoms with E-state index in [-0.39, 0.29) is 5.41 Å². The average molecular weight is 311 g/mol. The summed E-state index contributed by atoms with van der Waals surface area (Å²) in [6.07, 6.45) is 1.83. The van der Waals surface area contributed by atoms with Crippen molar-refractivity contribution >= 4 is 10.0 Å². The van der Waals surface area contributed by atoms with Crippen molar-refractivity contribution in [1.29, 1.82) is 0 Å². The standard InChI is InChI=1S/C17H29NO2S/c1-7-8-13-18-21(19,20)17(5,6)15-11-9-14(10-12-15)16(2,3)4/h9-12,18H,7-8,13H2,1-6H3. The van der Waals surface area contributed by atoms with Gasteiger partial charge in [0.05, 0.1) is 0 Å². The summed E-state index contributed by atoms with van der Waals surface area (Å²) in [4.78, 5) is 0. The van der Waals surface area contributed by atoms with Crippen LogP contribution in [0.15, 0.2) is 24.3 Å². The molecule has 1 aromatic rings. The molecule has 0 aliphatic heterocycles. The largest absolute Gasteiger partial charge is 0.221 e. The van der Waals surface area contributed by atoms with Crippen LogP contribution in [0.4, 0.5) is 0 Å². The predicted molar refractivity (Wildman–Crippen MR) is 90.0 cm³/mol. The van der Waals surface area contributed by atoms with Gasteiger partial charge in [-0.25, -0.2) is 13.1 Å². The van der Waals surface area contributed by atoms with Gasteiger partial charge in [0, 0.05) is 6.54 Å². The molecule has 21 heavy (non-hydrogen) atoms. The maximum atomic E-state index is 12.5. The summed E-state index contributed by atoms with van der Waals surface area (Å²) in [6.45, 7) is 12.5. The fraction of sp³-hybridized carbons (Fsp3) is 0.647. The lowest BCUT2D eigenvalue weighted by atomic mass is 9.86. The summed E-state index contributed by atoms with van der Waals surface area (Å²) in [6, 6.07) is 7.91. The summed E-state index contributed by atoms with van der Waals surface area (Å²) >= 11 is 0. The van der Waals surface area contributed by atoms with E-state index in [1.807, 2.05) is 31.2 Å². The SMILES string of the molecule is CCCCNS(=O)(=O)C(C)(C)c1ccc(C(C)(C)C)cc1. The molecule has 0 fully saturated rings. The molecular weight excluding hydrogens is 282 g/mol. The number of benzene rings is 1.